The lowest BCUT2D eigenvalue weighted by atomic mass is 9.82. The Balaban J connectivity index is 1.89. The first-order valence-electron chi connectivity index (χ1n) is 7.58. The molecule has 3 nitrogen and oxygen atoms in total. The quantitative estimate of drug-likeness (QED) is 0.617. The molecule has 4 rings (SSSR count). The number of carbonyl (C=O) groups is 1. The van der Waals surface area contributed by atoms with Crippen LogP contribution >= 0.6 is 46.8 Å². The molecule has 0 spiro atoms. The van der Waals surface area contributed by atoms with E-state index in [0.29, 0.717) is 10.0 Å². The number of rotatable bonds is 1. The lowest BCUT2D eigenvalue weighted by Crippen LogP contribution is -2.39. The first-order valence-corrected chi connectivity index (χ1v) is 9.56. The van der Waals surface area contributed by atoms with Crippen LogP contribution in [0, 0.1) is 9.87 Å². The summed E-state index contributed by atoms with van der Waals surface area (Å²) in [6.07, 6.45) is 4.19. The van der Waals surface area contributed by atoms with Crippen LogP contribution in [0.2, 0.25) is 10.0 Å². The molecule has 23 heavy (non-hydrogen) atoms. The number of aromatic nitrogens is 1. The van der Waals surface area contributed by atoms with E-state index >= 15 is 0 Å². The predicted octanol–water partition coefficient (Wildman–Crippen LogP) is 5.94. The SMILES string of the molecule is O=C1Nc2c(-c3ccc(Cl)cc3Cl)sc(=S)n2C2CCCCC12. The van der Waals surface area contributed by atoms with Gasteiger partial charge in [0.15, 0.2) is 3.95 Å². The van der Waals surface area contributed by atoms with Crippen molar-refractivity contribution in [1.82, 2.24) is 4.57 Å². The third-order valence-corrected chi connectivity index (χ3v) is 6.64. The first kappa shape index (κ1) is 15.6. The van der Waals surface area contributed by atoms with Crippen molar-refractivity contribution in [2.24, 2.45) is 5.92 Å². The van der Waals surface area contributed by atoms with E-state index < -0.39 is 0 Å². The molecule has 1 aromatic carbocycles. The van der Waals surface area contributed by atoms with E-state index in [1.165, 1.54) is 11.3 Å². The fourth-order valence-corrected chi connectivity index (χ4v) is 5.66. The summed E-state index contributed by atoms with van der Waals surface area (Å²) in [6.45, 7) is 0. The Hall–Kier alpha value is -0.880. The molecular formula is C16H14Cl2N2OS2. The molecule has 1 fully saturated rings. The maximum atomic E-state index is 12.5. The van der Waals surface area contributed by atoms with Crippen molar-refractivity contribution >= 4 is 58.5 Å². The van der Waals surface area contributed by atoms with Gasteiger partial charge in [-0.15, -0.1) is 11.3 Å². The minimum absolute atomic E-state index is 0.0334. The third-order valence-electron chi connectivity index (χ3n) is 4.66. The minimum atomic E-state index is 0.0334. The van der Waals surface area contributed by atoms with E-state index in [9.17, 15) is 4.79 Å². The largest absolute Gasteiger partial charge is 0.311 e. The van der Waals surface area contributed by atoms with Crippen LogP contribution in [0.1, 0.15) is 31.7 Å². The highest BCUT2D eigenvalue weighted by Crippen LogP contribution is 2.47. The number of thiazole rings is 1. The number of hydrogen-bond acceptors (Lipinski definition) is 3. The Morgan fingerprint density at radius 1 is 1.26 bits per heavy atom. The summed E-state index contributed by atoms with van der Waals surface area (Å²) in [7, 11) is 0. The van der Waals surface area contributed by atoms with Crippen LogP contribution in [0.3, 0.4) is 0 Å². The van der Waals surface area contributed by atoms with Crippen LogP contribution in [0.25, 0.3) is 10.4 Å². The number of benzene rings is 1. The standard InChI is InChI=1S/C16H14Cl2N2OS2/c17-8-5-6-9(11(18)7-8)13-14-19-15(21)10-3-1-2-4-12(10)20(14)16(22)23-13/h5-7,10,12H,1-4H2,(H,19,21). The van der Waals surface area contributed by atoms with E-state index in [1.807, 2.05) is 6.07 Å². The third kappa shape index (κ3) is 2.54. The molecule has 1 N–H and O–H groups in total. The maximum Gasteiger partial charge on any atom is 0.230 e. The molecule has 0 bridgehead atoms. The van der Waals surface area contributed by atoms with Crippen molar-refractivity contribution in [1.29, 1.82) is 0 Å². The van der Waals surface area contributed by atoms with Crippen molar-refractivity contribution in [3.63, 3.8) is 0 Å². The van der Waals surface area contributed by atoms with E-state index in [2.05, 4.69) is 9.88 Å². The summed E-state index contributed by atoms with van der Waals surface area (Å²) < 4.78 is 2.92. The van der Waals surface area contributed by atoms with Gasteiger partial charge in [0.25, 0.3) is 0 Å². The van der Waals surface area contributed by atoms with Crippen LogP contribution in [0.5, 0.6) is 0 Å². The highest BCUT2D eigenvalue weighted by Gasteiger charge is 2.39. The van der Waals surface area contributed by atoms with Crippen molar-refractivity contribution in [3.8, 4) is 10.4 Å². The average Bonchev–Trinajstić information content (AvgIpc) is 2.84. The van der Waals surface area contributed by atoms with Gasteiger partial charge >= 0.3 is 0 Å². The lowest BCUT2D eigenvalue weighted by molar-refractivity contribution is -0.123. The van der Waals surface area contributed by atoms with Crippen molar-refractivity contribution in [3.05, 3.63) is 32.2 Å². The molecule has 1 aliphatic carbocycles. The zero-order chi connectivity index (χ0) is 16.1. The normalized spacial score (nSPS) is 23.1. The van der Waals surface area contributed by atoms with Gasteiger partial charge in [0.2, 0.25) is 5.91 Å². The number of nitrogens with one attached hydrogen (secondary N) is 1. The second kappa shape index (κ2) is 5.88. The molecule has 1 saturated carbocycles. The number of nitrogens with zero attached hydrogens (tertiary/aromatic N) is 1. The Morgan fingerprint density at radius 2 is 2.04 bits per heavy atom. The molecule has 2 unspecified atom stereocenters. The Bertz CT molecular complexity index is 858. The van der Waals surface area contributed by atoms with Crippen molar-refractivity contribution in [2.45, 2.75) is 31.7 Å². The summed E-state index contributed by atoms with van der Waals surface area (Å²) in [4.78, 5) is 13.4. The summed E-state index contributed by atoms with van der Waals surface area (Å²) in [5, 5.41) is 4.22. The first-order chi connectivity index (χ1) is 11.1. The van der Waals surface area contributed by atoms with Crippen LogP contribution < -0.4 is 5.32 Å². The summed E-state index contributed by atoms with van der Waals surface area (Å²) >= 11 is 19.4. The Morgan fingerprint density at radius 3 is 2.83 bits per heavy atom. The molecule has 120 valence electrons. The molecule has 0 saturated heterocycles. The zero-order valence-electron chi connectivity index (χ0n) is 12.1. The van der Waals surface area contributed by atoms with E-state index in [4.69, 9.17) is 35.4 Å². The van der Waals surface area contributed by atoms with Crippen LogP contribution in [0.4, 0.5) is 5.82 Å². The highest BCUT2D eigenvalue weighted by molar-refractivity contribution is 7.73. The van der Waals surface area contributed by atoms with Gasteiger partial charge in [-0.2, -0.15) is 0 Å². The molecule has 1 aliphatic heterocycles. The molecule has 1 aromatic heterocycles. The molecule has 1 amide bonds. The lowest BCUT2D eigenvalue weighted by Gasteiger charge is -2.36. The molecule has 2 aromatic rings. The zero-order valence-corrected chi connectivity index (χ0v) is 15.3. The van der Waals surface area contributed by atoms with Gasteiger partial charge < -0.3 is 9.88 Å². The van der Waals surface area contributed by atoms with Gasteiger partial charge in [0, 0.05) is 16.6 Å². The summed E-state index contributed by atoms with van der Waals surface area (Å²) in [6, 6.07) is 5.57. The number of anilines is 1. The second-order valence-corrected chi connectivity index (χ2v) is 8.48. The van der Waals surface area contributed by atoms with Gasteiger partial charge in [-0.05, 0) is 37.2 Å². The van der Waals surface area contributed by atoms with E-state index in [0.717, 1.165) is 45.9 Å². The number of amides is 1. The van der Waals surface area contributed by atoms with E-state index in [-0.39, 0.29) is 17.9 Å². The molecule has 2 heterocycles. The second-order valence-electron chi connectivity index (χ2n) is 5.99. The molecule has 2 atom stereocenters. The number of fused-ring (bicyclic) bond motifs is 3. The Kier molecular flexibility index (Phi) is 4.00. The van der Waals surface area contributed by atoms with Gasteiger partial charge in [-0.1, -0.05) is 42.1 Å². The maximum absolute atomic E-state index is 12.5. The fraction of sp³-hybridized carbons (Fsp3) is 0.375. The average molecular weight is 385 g/mol. The molecule has 2 aliphatic rings. The molecular weight excluding hydrogens is 371 g/mol. The van der Waals surface area contributed by atoms with Gasteiger partial charge in [-0.3, -0.25) is 4.79 Å². The van der Waals surface area contributed by atoms with Gasteiger partial charge in [-0.25, -0.2) is 0 Å². The van der Waals surface area contributed by atoms with Gasteiger partial charge in [0.05, 0.1) is 15.8 Å². The van der Waals surface area contributed by atoms with Crippen molar-refractivity contribution in [2.75, 3.05) is 5.32 Å². The molecule has 7 heteroatoms. The highest BCUT2D eigenvalue weighted by atomic mass is 35.5. The molecule has 0 radical (unpaired) electrons. The topological polar surface area (TPSA) is 34.0 Å². The minimum Gasteiger partial charge on any atom is -0.311 e. The van der Waals surface area contributed by atoms with E-state index in [1.54, 1.807) is 12.1 Å². The van der Waals surface area contributed by atoms with Crippen LogP contribution in [-0.4, -0.2) is 10.5 Å². The smallest absolute Gasteiger partial charge is 0.230 e. The number of carbonyl (C=O) groups excluding carboxylic acids is 1. The van der Waals surface area contributed by atoms with Crippen LogP contribution in [0.15, 0.2) is 18.2 Å². The predicted molar refractivity (Wildman–Crippen MR) is 98.2 cm³/mol. The van der Waals surface area contributed by atoms with Crippen molar-refractivity contribution < 1.29 is 4.79 Å². The Labute approximate surface area is 153 Å². The fourth-order valence-electron chi connectivity index (χ4n) is 3.60. The van der Waals surface area contributed by atoms with Crippen LogP contribution in [-0.2, 0) is 4.79 Å². The number of halogens is 2. The number of hydrogen-bond donors (Lipinski definition) is 1. The monoisotopic (exact) mass is 384 g/mol. The summed E-state index contributed by atoms with van der Waals surface area (Å²) in [5.74, 6) is 0.928. The summed E-state index contributed by atoms with van der Waals surface area (Å²) in [5.41, 5.74) is 0.857. The van der Waals surface area contributed by atoms with Gasteiger partial charge in [0.1, 0.15) is 5.82 Å².